The van der Waals surface area contributed by atoms with Gasteiger partial charge in [-0.1, -0.05) is 0 Å². The number of amides is 1. The SMILES string of the molecule is CCNC(=NCC(=O)NC(C)(C)C)NCCCOCC1CC1. The zero-order chi connectivity index (χ0) is 16.4. The van der Waals surface area contributed by atoms with Crippen molar-refractivity contribution in [2.24, 2.45) is 10.9 Å². The van der Waals surface area contributed by atoms with Crippen LogP contribution in [0.5, 0.6) is 0 Å². The van der Waals surface area contributed by atoms with Gasteiger partial charge in [0.15, 0.2) is 5.96 Å². The van der Waals surface area contributed by atoms with Crippen LogP contribution in [-0.4, -0.2) is 50.3 Å². The van der Waals surface area contributed by atoms with Crippen LogP contribution in [0.2, 0.25) is 0 Å². The molecule has 0 aliphatic heterocycles. The monoisotopic (exact) mass is 312 g/mol. The molecule has 0 atom stereocenters. The van der Waals surface area contributed by atoms with Crippen molar-refractivity contribution in [3.8, 4) is 0 Å². The molecular weight excluding hydrogens is 280 g/mol. The molecule has 3 N–H and O–H groups in total. The van der Waals surface area contributed by atoms with E-state index in [4.69, 9.17) is 4.74 Å². The first-order chi connectivity index (χ1) is 10.4. The molecule has 0 aromatic rings. The normalized spacial score (nSPS) is 15.5. The predicted octanol–water partition coefficient (Wildman–Crippen LogP) is 1.27. The van der Waals surface area contributed by atoms with E-state index in [2.05, 4.69) is 20.9 Å². The molecule has 1 rings (SSSR count). The van der Waals surface area contributed by atoms with Crippen LogP contribution in [0.25, 0.3) is 0 Å². The van der Waals surface area contributed by atoms with Crippen LogP contribution < -0.4 is 16.0 Å². The molecule has 0 aromatic carbocycles. The molecule has 1 aliphatic rings. The lowest BCUT2D eigenvalue weighted by Gasteiger charge is -2.20. The summed E-state index contributed by atoms with van der Waals surface area (Å²) < 4.78 is 5.59. The number of carbonyl (C=O) groups is 1. The van der Waals surface area contributed by atoms with Gasteiger partial charge in [-0.25, -0.2) is 4.99 Å². The molecule has 0 aromatic heterocycles. The summed E-state index contributed by atoms with van der Waals surface area (Å²) in [5, 5.41) is 9.26. The minimum Gasteiger partial charge on any atom is -0.381 e. The lowest BCUT2D eigenvalue weighted by atomic mass is 10.1. The third-order valence-electron chi connectivity index (χ3n) is 3.05. The van der Waals surface area contributed by atoms with Crippen LogP contribution in [-0.2, 0) is 9.53 Å². The van der Waals surface area contributed by atoms with Crippen molar-refractivity contribution in [3.05, 3.63) is 0 Å². The van der Waals surface area contributed by atoms with Crippen molar-refractivity contribution in [2.75, 3.05) is 32.8 Å². The Hall–Kier alpha value is -1.30. The number of guanidine groups is 1. The molecular formula is C16H32N4O2. The molecule has 1 saturated carbocycles. The van der Waals surface area contributed by atoms with Gasteiger partial charge in [0.05, 0.1) is 0 Å². The lowest BCUT2D eigenvalue weighted by molar-refractivity contribution is -0.121. The number of carbonyl (C=O) groups excluding carboxylic acids is 1. The van der Waals surface area contributed by atoms with E-state index in [1.54, 1.807) is 0 Å². The highest BCUT2D eigenvalue weighted by Gasteiger charge is 2.20. The van der Waals surface area contributed by atoms with Gasteiger partial charge in [0, 0.05) is 31.8 Å². The summed E-state index contributed by atoms with van der Waals surface area (Å²) in [6.07, 6.45) is 3.59. The van der Waals surface area contributed by atoms with Crippen molar-refractivity contribution < 1.29 is 9.53 Å². The van der Waals surface area contributed by atoms with E-state index in [0.29, 0.717) is 5.96 Å². The topological polar surface area (TPSA) is 74.8 Å². The maximum absolute atomic E-state index is 11.8. The maximum Gasteiger partial charge on any atom is 0.242 e. The maximum atomic E-state index is 11.8. The van der Waals surface area contributed by atoms with Gasteiger partial charge in [0.1, 0.15) is 6.54 Å². The van der Waals surface area contributed by atoms with E-state index >= 15 is 0 Å². The highest BCUT2D eigenvalue weighted by Crippen LogP contribution is 2.28. The van der Waals surface area contributed by atoms with E-state index in [0.717, 1.165) is 38.6 Å². The van der Waals surface area contributed by atoms with Crippen LogP contribution in [0.4, 0.5) is 0 Å². The fourth-order valence-corrected chi connectivity index (χ4v) is 1.87. The number of nitrogens with one attached hydrogen (secondary N) is 3. The van der Waals surface area contributed by atoms with Crippen LogP contribution in [0.3, 0.4) is 0 Å². The molecule has 0 heterocycles. The summed E-state index contributed by atoms with van der Waals surface area (Å²) in [4.78, 5) is 16.1. The van der Waals surface area contributed by atoms with E-state index in [1.165, 1.54) is 12.8 Å². The van der Waals surface area contributed by atoms with Gasteiger partial charge in [-0.3, -0.25) is 4.79 Å². The fourth-order valence-electron chi connectivity index (χ4n) is 1.87. The molecule has 1 fully saturated rings. The van der Waals surface area contributed by atoms with E-state index < -0.39 is 0 Å². The Labute approximate surface area is 134 Å². The van der Waals surface area contributed by atoms with Crippen molar-refractivity contribution in [1.29, 1.82) is 0 Å². The van der Waals surface area contributed by atoms with Gasteiger partial charge in [0.2, 0.25) is 5.91 Å². The quantitative estimate of drug-likeness (QED) is 0.340. The average molecular weight is 312 g/mol. The van der Waals surface area contributed by atoms with Gasteiger partial charge in [-0.2, -0.15) is 0 Å². The zero-order valence-electron chi connectivity index (χ0n) is 14.5. The van der Waals surface area contributed by atoms with Crippen LogP contribution in [0.1, 0.15) is 47.0 Å². The second-order valence-corrected chi connectivity index (χ2v) is 6.79. The Morgan fingerprint density at radius 1 is 1.27 bits per heavy atom. The van der Waals surface area contributed by atoms with Gasteiger partial charge >= 0.3 is 0 Å². The number of hydrogen-bond donors (Lipinski definition) is 3. The number of rotatable bonds is 9. The Morgan fingerprint density at radius 2 is 2.00 bits per heavy atom. The summed E-state index contributed by atoms with van der Waals surface area (Å²) in [6.45, 7) is 11.2. The highest BCUT2D eigenvalue weighted by atomic mass is 16.5. The number of nitrogens with zero attached hydrogens (tertiary/aromatic N) is 1. The molecule has 0 unspecified atom stereocenters. The largest absolute Gasteiger partial charge is 0.381 e. The van der Waals surface area contributed by atoms with Gasteiger partial charge in [0.25, 0.3) is 0 Å². The first-order valence-corrected chi connectivity index (χ1v) is 8.31. The van der Waals surface area contributed by atoms with Gasteiger partial charge in [-0.15, -0.1) is 0 Å². The standard InChI is InChI=1S/C16H32N4O2/c1-5-17-15(19-11-14(21)20-16(2,3)4)18-9-6-10-22-12-13-7-8-13/h13H,5-12H2,1-4H3,(H,20,21)(H2,17,18,19). The molecule has 6 nitrogen and oxygen atoms in total. The second-order valence-electron chi connectivity index (χ2n) is 6.79. The van der Waals surface area contributed by atoms with E-state index in [1.807, 2.05) is 27.7 Å². The highest BCUT2D eigenvalue weighted by molar-refractivity contribution is 5.85. The van der Waals surface area contributed by atoms with Crippen molar-refractivity contribution in [1.82, 2.24) is 16.0 Å². The number of hydrogen-bond acceptors (Lipinski definition) is 3. The molecule has 0 saturated heterocycles. The summed E-state index contributed by atoms with van der Waals surface area (Å²) in [5.74, 6) is 1.42. The van der Waals surface area contributed by atoms with Gasteiger partial charge < -0.3 is 20.7 Å². The first kappa shape index (κ1) is 18.7. The molecule has 1 aliphatic carbocycles. The van der Waals surface area contributed by atoms with Crippen molar-refractivity contribution >= 4 is 11.9 Å². The van der Waals surface area contributed by atoms with E-state index in [-0.39, 0.29) is 18.0 Å². The molecule has 1 amide bonds. The van der Waals surface area contributed by atoms with E-state index in [9.17, 15) is 4.79 Å². The molecule has 0 spiro atoms. The Balaban J connectivity index is 2.18. The van der Waals surface area contributed by atoms with Crippen molar-refractivity contribution in [2.45, 2.75) is 52.5 Å². The molecule has 6 heteroatoms. The summed E-state index contributed by atoms with van der Waals surface area (Å²) in [6, 6.07) is 0. The molecule has 0 bridgehead atoms. The number of ether oxygens (including phenoxy) is 1. The summed E-state index contributed by atoms with van der Waals surface area (Å²) in [7, 11) is 0. The van der Waals surface area contributed by atoms with Crippen LogP contribution >= 0.6 is 0 Å². The Bertz CT molecular complexity index is 360. The molecule has 0 radical (unpaired) electrons. The third-order valence-corrected chi connectivity index (χ3v) is 3.05. The summed E-state index contributed by atoms with van der Waals surface area (Å²) in [5.41, 5.74) is -0.225. The minimum atomic E-state index is -0.225. The zero-order valence-corrected chi connectivity index (χ0v) is 14.5. The Morgan fingerprint density at radius 3 is 2.59 bits per heavy atom. The van der Waals surface area contributed by atoms with Crippen LogP contribution in [0.15, 0.2) is 4.99 Å². The summed E-state index contributed by atoms with van der Waals surface area (Å²) >= 11 is 0. The Kier molecular flexibility index (Phi) is 8.24. The average Bonchev–Trinajstić information content (AvgIpc) is 3.22. The van der Waals surface area contributed by atoms with Crippen LogP contribution in [0, 0.1) is 5.92 Å². The molecule has 128 valence electrons. The predicted molar refractivity (Wildman–Crippen MR) is 90.0 cm³/mol. The fraction of sp³-hybridized carbons (Fsp3) is 0.875. The third kappa shape index (κ3) is 10.4. The second kappa shape index (κ2) is 9.66. The lowest BCUT2D eigenvalue weighted by Crippen LogP contribution is -2.43. The molecule has 22 heavy (non-hydrogen) atoms. The first-order valence-electron chi connectivity index (χ1n) is 8.31. The van der Waals surface area contributed by atoms with Gasteiger partial charge in [-0.05, 0) is 52.9 Å². The smallest absolute Gasteiger partial charge is 0.242 e. The number of aliphatic imine (C=N–C) groups is 1. The minimum absolute atomic E-state index is 0.0718. The van der Waals surface area contributed by atoms with Crippen molar-refractivity contribution in [3.63, 3.8) is 0 Å².